The van der Waals surface area contributed by atoms with E-state index in [2.05, 4.69) is 0 Å². The van der Waals surface area contributed by atoms with Crippen molar-refractivity contribution in [3.8, 4) is 5.75 Å². The Morgan fingerprint density at radius 3 is 1.88 bits per heavy atom. The molecule has 0 atom stereocenters. The highest BCUT2D eigenvalue weighted by Crippen LogP contribution is 2.08. The Labute approximate surface area is 154 Å². The quantitative estimate of drug-likeness (QED) is 0.483. The van der Waals surface area contributed by atoms with E-state index < -0.39 is 11.9 Å². The molecule has 6 nitrogen and oxygen atoms in total. The summed E-state index contributed by atoms with van der Waals surface area (Å²) < 4.78 is 10.4. The minimum atomic E-state index is -0.880. The van der Waals surface area contributed by atoms with Crippen LogP contribution in [0.3, 0.4) is 0 Å². The van der Waals surface area contributed by atoms with Crippen molar-refractivity contribution >= 4 is 11.9 Å². The van der Waals surface area contributed by atoms with Crippen molar-refractivity contribution in [2.45, 2.75) is 33.6 Å². The third-order valence-electron chi connectivity index (χ3n) is 3.17. The predicted octanol–water partition coefficient (Wildman–Crippen LogP) is 3.93. The number of aliphatic carboxylic acids is 2. The van der Waals surface area contributed by atoms with Crippen LogP contribution in [0.15, 0.2) is 53.6 Å². The molecule has 0 aliphatic rings. The second-order valence-electron chi connectivity index (χ2n) is 5.32. The second kappa shape index (κ2) is 14.7. The van der Waals surface area contributed by atoms with Gasteiger partial charge in [0.25, 0.3) is 0 Å². The van der Waals surface area contributed by atoms with Gasteiger partial charge in [-0.2, -0.15) is 0 Å². The van der Waals surface area contributed by atoms with Gasteiger partial charge in [-0.25, -0.2) is 9.59 Å². The number of para-hydroxylation sites is 1. The molecule has 6 heteroatoms. The van der Waals surface area contributed by atoms with Crippen molar-refractivity contribution in [2.75, 3.05) is 19.8 Å². The van der Waals surface area contributed by atoms with Gasteiger partial charge in [0, 0.05) is 24.2 Å². The van der Waals surface area contributed by atoms with E-state index in [0.717, 1.165) is 5.75 Å². The molecular formula is C20H28O6. The maximum absolute atomic E-state index is 10.5. The largest absolute Gasteiger partial charge is 0.493 e. The number of ether oxygens (including phenoxy) is 2. The van der Waals surface area contributed by atoms with Gasteiger partial charge in [0.1, 0.15) is 5.75 Å². The molecule has 0 aliphatic heterocycles. The number of benzene rings is 1. The third kappa shape index (κ3) is 12.8. The fraction of sp³-hybridized carbons (Fsp3) is 0.400. The number of carbonyl (C=O) groups is 2. The summed E-state index contributed by atoms with van der Waals surface area (Å²) >= 11 is 0. The first kappa shape index (κ1) is 23.4. The molecule has 0 aliphatic carbocycles. The minimum absolute atomic E-state index is 0.353. The smallest absolute Gasteiger partial charge is 0.330 e. The zero-order valence-electron chi connectivity index (χ0n) is 15.6. The fourth-order valence-corrected chi connectivity index (χ4v) is 1.65. The van der Waals surface area contributed by atoms with Gasteiger partial charge in [0.15, 0.2) is 0 Å². The second-order valence-corrected chi connectivity index (χ2v) is 5.32. The van der Waals surface area contributed by atoms with Crippen molar-refractivity contribution in [1.82, 2.24) is 0 Å². The summed E-state index contributed by atoms with van der Waals surface area (Å²) in [7, 11) is 0. The summed E-state index contributed by atoms with van der Waals surface area (Å²) in [6.45, 7) is 6.84. The van der Waals surface area contributed by atoms with E-state index in [1.807, 2.05) is 37.3 Å². The van der Waals surface area contributed by atoms with E-state index in [4.69, 9.17) is 19.7 Å². The van der Waals surface area contributed by atoms with Gasteiger partial charge >= 0.3 is 11.9 Å². The zero-order chi connectivity index (χ0) is 19.8. The third-order valence-corrected chi connectivity index (χ3v) is 3.17. The molecular weight excluding hydrogens is 336 g/mol. The first-order chi connectivity index (χ1) is 12.4. The minimum Gasteiger partial charge on any atom is -0.493 e. The molecule has 2 N–H and O–H groups in total. The molecule has 0 spiro atoms. The summed E-state index contributed by atoms with van der Waals surface area (Å²) in [5, 5.41) is 17.0. The Balaban J connectivity index is 0.000000508. The summed E-state index contributed by atoms with van der Waals surface area (Å²) in [6, 6.07) is 9.45. The van der Waals surface area contributed by atoms with Crippen molar-refractivity contribution in [3.63, 3.8) is 0 Å². The number of hydrogen-bond acceptors (Lipinski definition) is 4. The van der Waals surface area contributed by atoms with Gasteiger partial charge in [-0.3, -0.25) is 0 Å². The van der Waals surface area contributed by atoms with Crippen molar-refractivity contribution < 1.29 is 29.3 Å². The number of carboxylic acid groups (broad SMARTS) is 2. The van der Waals surface area contributed by atoms with Crippen LogP contribution in [0.1, 0.15) is 33.6 Å². The average molecular weight is 364 g/mol. The number of carboxylic acids is 2. The van der Waals surface area contributed by atoms with Crippen LogP contribution < -0.4 is 4.74 Å². The highest BCUT2D eigenvalue weighted by atomic mass is 16.5. The van der Waals surface area contributed by atoms with Crippen LogP contribution in [0, 0.1) is 0 Å². The lowest BCUT2D eigenvalue weighted by Gasteiger charge is -2.03. The van der Waals surface area contributed by atoms with Crippen molar-refractivity contribution in [2.24, 2.45) is 0 Å². The fourth-order valence-electron chi connectivity index (χ4n) is 1.65. The Morgan fingerprint density at radius 1 is 0.923 bits per heavy atom. The Hall–Kier alpha value is -2.60. The molecule has 1 aromatic carbocycles. The molecule has 144 valence electrons. The van der Waals surface area contributed by atoms with E-state index in [-0.39, 0.29) is 0 Å². The Kier molecular flexibility index (Phi) is 13.2. The van der Waals surface area contributed by atoms with Gasteiger partial charge < -0.3 is 19.7 Å². The number of hydrogen-bond donors (Lipinski definition) is 2. The lowest BCUT2D eigenvalue weighted by Crippen LogP contribution is -1.99. The summed E-state index contributed by atoms with van der Waals surface area (Å²) in [5.41, 5.74) is 0.733. The first-order valence-corrected chi connectivity index (χ1v) is 8.44. The van der Waals surface area contributed by atoms with E-state index in [1.54, 1.807) is 26.0 Å². The summed E-state index contributed by atoms with van der Waals surface area (Å²) in [4.78, 5) is 20.7. The molecule has 0 heterocycles. The van der Waals surface area contributed by atoms with Crippen LogP contribution in [0.25, 0.3) is 0 Å². The standard InChI is InChI=1S/C12H14O3.C8H14O3/c1-10(12(13)14)6-5-9-15-11-7-3-2-4-8-11;1-3-11-6-4-5-7(2)8(9)10/h2-4,6-8H,5,9H2,1H3,(H,13,14);5H,3-4,6H2,1-2H3,(H,9,10). The van der Waals surface area contributed by atoms with Crippen LogP contribution in [0.2, 0.25) is 0 Å². The lowest BCUT2D eigenvalue weighted by atomic mass is 10.2. The SMILES string of the molecule is CC(=CCCOc1ccccc1)C(=O)O.CCOCCC=C(C)C(=O)O. The van der Waals surface area contributed by atoms with Crippen molar-refractivity contribution in [1.29, 1.82) is 0 Å². The van der Waals surface area contributed by atoms with E-state index in [0.29, 0.717) is 43.8 Å². The van der Waals surface area contributed by atoms with Gasteiger partial charge in [0.2, 0.25) is 0 Å². The monoisotopic (exact) mass is 364 g/mol. The first-order valence-electron chi connectivity index (χ1n) is 8.44. The van der Waals surface area contributed by atoms with Gasteiger partial charge in [-0.15, -0.1) is 0 Å². The van der Waals surface area contributed by atoms with Crippen LogP contribution in [0.4, 0.5) is 0 Å². The number of rotatable bonds is 10. The maximum Gasteiger partial charge on any atom is 0.330 e. The zero-order valence-corrected chi connectivity index (χ0v) is 15.6. The molecule has 0 radical (unpaired) electrons. The Morgan fingerprint density at radius 2 is 1.42 bits per heavy atom. The van der Waals surface area contributed by atoms with Crippen molar-refractivity contribution in [3.05, 3.63) is 53.6 Å². The predicted molar refractivity (Wildman–Crippen MR) is 100 cm³/mol. The Bertz CT molecular complexity index is 590. The van der Waals surface area contributed by atoms with Gasteiger partial charge in [0.05, 0.1) is 13.2 Å². The summed E-state index contributed by atoms with van der Waals surface area (Å²) in [5.74, 6) is -0.935. The molecule has 0 saturated carbocycles. The normalized spacial score (nSPS) is 11.3. The molecule has 0 unspecified atom stereocenters. The molecule has 1 aromatic rings. The van der Waals surface area contributed by atoms with Crippen LogP contribution in [-0.2, 0) is 14.3 Å². The average Bonchev–Trinajstić information content (AvgIpc) is 2.63. The molecule has 0 saturated heterocycles. The summed E-state index contributed by atoms with van der Waals surface area (Å²) in [6.07, 6.45) is 4.60. The van der Waals surface area contributed by atoms with Gasteiger partial charge in [-0.1, -0.05) is 30.4 Å². The molecule has 0 fully saturated rings. The topological polar surface area (TPSA) is 93.1 Å². The highest BCUT2D eigenvalue weighted by Gasteiger charge is 1.98. The molecule has 0 amide bonds. The maximum atomic E-state index is 10.5. The van der Waals surface area contributed by atoms with E-state index in [1.165, 1.54) is 0 Å². The molecule has 0 bridgehead atoms. The van der Waals surface area contributed by atoms with Crippen LogP contribution in [-0.4, -0.2) is 42.0 Å². The van der Waals surface area contributed by atoms with E-state index in [9.17, 15) is 9.59 Å². The van der Waals surface area contributed by atoms with Crippen LogP contribution in [0.5, 0.6) is 5.75 Å². The van der Waals surface area contributed by atoms with Crippen LogP contribution >= 0.6 is 0 Å². The van der Waals surface area contributed by atoms with Gasteiger partial charge in [-0.05, 0) is 39.3 Å². The lowest BCUT2D eigenvalue weighted by molar-refractivity contribution is -0.133. The molecule has 26 heavy (non-hydrogen) atoms. The molecule has 1 rings (SSSR count). The highest BCUT2D eigenvalue weighted by molar-refractivity contribution is 5.86. The molecule has 0 aromatic heterocycles. The van der Waals surface area contributed by atoms with E-state index >= 15 is 0 Å².